The van der Waals surface area contributed by atoms with Crippen molar-refractivity contribution in [2.45, 2.75) is 26.9 Å². The quantitative estimate of drug-likeness (QED) is 0.848. The molecule has 6 heteroatoms. The molecule has 0 aliphatic heterocycles. The minimum atomic E-state index is -0.0132. The first kappa shape index (κ1) is 12.8. The SMILES string of the molecule is CCn1cc(C(=O)N(C)Cc2cnc(C)s2)cn1. The standard InChI is InChI=1S/C12H16N4OS/c1-4-16-7-10(5-14-16)12(17)15(3)8-11-6-13-9(2)18-11/h5-7H,4,8H2,1-3H3. The van der Waals surface area contributed by atoms with Crippen molar-refractivity contribution in [3.05, 3.63) is 34.0 Å². The fourth-order valence-corrected chi connectivity index (χ4v) is 2.50. The van der Waals surface area contributed by atoms with Gasteiger partial charge in [-0.1, -0.05) is 0 Å². The van der Waals surface area contributed by atoms with Crippen molar-refractivity contribution in [1.82, 2.24) is 19.7 Å². The molecule has 18 heavy (non-hydrogen) atoms. The number of hydrogen-bond acceptors (Lipinski definition) is 4. The largest absolute Gasteiger partial charge is 0.336 e. The average Bonchev–Trinajstić information content (AvgIpc) is 2.97. The normalized spacial score (nSPS) is 10.6. The number of aryl methyl sites for hydroxylation is 2. The molecule has 2 aromatic rings. The summed E-state index contributed by atoms with van der Waals surface area (Å²) in [6, 6.07) is 0. The number of amides is 1. The Hall–Kier alpha value is -1.69. The zero-order chi connectivity index (χ0) is 13.1. The zero-order valence-electron chi connectivity index (χ0n) is 10.8. The maximum Gasteiger partial charge on any atom is 0.257 e. The van der Waals surface area contributed by atoms with Gasteiger partial charge in [0.1, 0.15) is 0 Å². The average molecular weight is 264 g/mol. The van der Waals surface area contributed by atoms with Crippen molar-refractivity contribution in [3.8, 4) is 0 Å². The van der Waals surface area contributed by atoms with Crippen LogP contribution in [0, 0.1) is 6.92 Å². The summed E-state index contributed by atoms with van der Waals surface area (Å²) < 4.78 is 1.75. The van der Waals surface area contributed by atoms with Gasteiger partial charge in [0.15, 0.2) is 0 Å². The summed E-state index contributed by atoms with van der Waals surface area (Å²) in [5.74, 6) is -0.0132. The lowest BCUT2D eigenvalue weighted by molar-refractivity contribution is 0.0786. The van der Waals surface area contributed by atoms with E-state index in [9.17, 15) is 4.79 Å². The van der Waals surface area contributed by atoms with Gasteiger partial charge in [-0.3, -0.25) is 9.48 Å². The number of hydrogen-bond donors (Lipinski definition) is 0. The van der Waals surface area contributed by atoms with E-state index in [0.29, 0.717) is 12.1 Å². The van der Waals surface area contributed by atoms with E-state index in [1.807, 2.05) is 20.0 Å². The Kier molecular flexibility index (Phi) is 3.76. The molecule has 0 saturated carbocycles. The molecule has 2 heterocycles. The highest BCUT2D eigenvalue weighted by Crippen LogP contribution is 2.14. The number of rotatable bonds is 4. The van der Waals surface area contributed by atoms with Crippen LogP contribution in [0.2, 0.25) is 0 Å². The van der Waals surface area contributed by atoms with Gasteiger partial charge < -0.3 is 4.90 Å². The van der Waals surface area contributed by atoms with Crippen molar-refractivity contribution in [1.29, 1.82) is 0 Å². The van der Waals surface area contributed by atoms with Crippen LogP contribution in [0.3, 0.4) is 0 Å². The third-order valence-corrected chi connectivity index (χ3v) is 3.51. The van der Waals surface area contributed by atoms with Gasteiger partial charge >= 0.3 is 0 Å². The summed E-state index contributed by atoms with van der Waals surface area (Å²) in [5.41, 5.74) is 0.626. The van der Waals surface area contributed by atoms with E-state index in [2.05, 4.69) is 10.1 Å². The fourth-order valence-electron chi connectivity index (χ4n) is 1.65. The second-order valence-electron chi connectivity index (χ2n) is 4.09. The summed E-state index contributed by atoms with van der Waals surface area (Å²) in [6.07, 6.45) is 5.20. The van der Waals surface area contributed by atoms with Crippen LogP contribution in [0.4, 0.5) is 0 Å². The van der Waals surface area contributed by atoms with Crippen molar-refractivity contribution in [2.75, 3.05) is 7.05 Å². The van der Waals surface area contributed by atoms with Crippen molar-refractivity contribution in [3.63, 3.8) is 0 Å². The van der Waals surface area contributed by atoms with E-state index in [1.165, 1.54) is 0 Å². The molecule has 0 radical (unpaired) electrons. The Balaban J connectivity index is 2.04. The van der Waals surface area contributed by atoms with Gasteiger partial charge in [0.2, 0.25) is 0 Å². The van der Waals surface area contributed by atoms with Gasteiger partial charge in [0.25, 0.3) is 5.91 Å². The van der Waals surface area contributed by atoms with E-state index in [4.69, 9.17) is 0 Å². The molecule has 0 unspecified atom stereocenters. The third-order valence-electron chi connectivity index (χ3n) is 2.61. The summed E-state index contributed by atoms with van der Waals surface area (Å²) in [5, 5.41) is 5.13. The molecule has 0 aliphatic carbocycles. The lowest BCUT2D eigenvalue weighted by Gasteiger charge is -2.14. The molecule has 2 aromatic heterocycles. The number of carbonyl (C=O) groups excluding carboxylic acids is 1. The van der Waals surface area contributed by atoms with Crippen LogP contribution in [0.25, 0.3) is 0 Å². The number of thiazole rings is 1. The predicted molar refractivity (Wildman–Crippen MR) is 70.5 cm³/mol. The first-order valence-corrected chi connectivity index (χ1v) is 6.61. The smallest absolute Gasteiger partial charge is 0.257 e. The Bertz CT molecular complexity index is 546. The van der Waals surface area contributed by atoms with E-state index in [-0.39, 0.29) is 5.91 Å². The monoisotopic (exact) mass is 264 g/mol. The Morgan fingerprint density at radius 1 is 1.50 bits per heavy atom. The highest BCUT2D eigenvalue weighted by Gasteiger charge is 2.14. The first-order chi connectivity index (χ1) is 8.60. The van der Waals surface area contributed by atoms with E-state index in [1.54, 1.807) is 40.4 Å². The molecule has 0 aliphatic rings. The van der Waals surface area contributed by atoms with Gasteiger partial charge in [-0.15, -0.1) is 11.3 Å². The van der Waals surface area contributed by atoms with Gasteiger partial charge in [-0.2, -0.15) is 5.10 Å². The molecule has 5 nitrogen and oxygen atoms in total. The van der Waals surface area contributed by atoms with E-state index in [0.717, 1.165) is 16.4 Å². The van der Waals surface area contributed by atoms with Gasteiger partial charge in [-0.25, -0.2) is 4.98 Å². The van der Waals surface area contributed by atoms with Crippen molar-refractivity contribution >= 4 is 17.2 Å². The molecule has 1 amide bonds. The lowest BCUT2D eigenvalue weighted by Crippen LogP contribution is -2.25. The molecule has 0 saturated heterocycles. The molecule has 0 spiro atoms. The van der Waals surface area contributed by atoms with Crippen LogP contribution in [0.15, 0.2) is 18.6 Å². The Morgan fingerprint density at radius 3 is 2.83 bits per heavy atom. The van der Waals surface area contributed by atoms with E-state index >= 15 is 0 Å². The molecule has 0 atom stereocenters. The second-order valence-corrected chi connectivity index (χ2v) is 5.41. The third kappa shape index (κ3) is 2.76. The van der Waals surface area contributed by atoms with Gasteiger partial charge in [0.05, 0.1) is 23.3 Å². The molecular weight excluding hydrogens is 248 g/mol. The topological polar surface area (TPSA) is 51.0 Å². The van der Waals surface area contributed by atoms with Gasteiger partial charge in [0, 0.05) is 30.9 Å². The van der Waals surface area contributed by atoms with Crippen LogP contribution >= 0.6 is 11.3 Å². The minimum absolute atomic E-state index is 0.0132. The Labute approximate surface area is 110 Å². The molecule has 0 aromatic carbocycles. The van der Waals surface area contributed by atoms with Crippen molar-refractivity contribution in [2.24, 2.45) is 0 Å². The number of nitrogens with zero attached hydrogens (tertiary/aromatic N) is 4. The summed E-state index contributed by atoms with van der Waals surface area (Å²) in [7, 11) is 1.79. The highest BCUT2D eigenvalue weighted by atomic mass is 32.1. The molecule has 2 rings (SSSR count). The predicted octanol–water partition coefficient (Wildman–Crippen LogP) is 1.94. The summed E-state index contributed by atoms with van der Waals surface area (Å²) >= 11 is 1.61. The fraction of sp³-hybridized carbons (Fsp3) is 0.417. The molecular formula is C12H16N4OS. The van der Waals surface area contributed by atoms with Crippen molar-refractivity contribution < 1.29 is 4.79 Å². The van der Waals surface area contributed by atoms with Crippen LogP contribution in [-0.2, 0) is 13.1 Å². The molecule has 0 N–H and O–H groups in total. The van der Waals surface area contributed by atoms with Crippen LogP contribution < -0.4 is 0 Å². The van der Waals surface area contributed by atoms with Crippen LogP contribution in [-0.4, -0.2) is 32.6 Å². The van der Waals surface area contributed by atoms with E-state index < -0.39 is 0 Å². The maximum absolute atomic E-state index is 12.1. The van der Waals surface area contributed by atoms with Crippen LogP contribution in [0.1, 0.15) is 27.2 Å². The molecule has 0 fully saturated rings. The summed E-state index contributed by atoms with van der Waals surface area (Å²) in [6.45, 7) is 5.30. The number of carbonyl (C=O) groups is 1. The zero-order valence-corrected chi connectivity index (χ0v) is 11.6. The first-order valence-electron chi connectivity index (χ1n) is 5.79. The minimum Gasteiger partial charge on any atom is -0.336 e. The molecule has 0 bridgehead atoms. The molecule has 96 valence electrons. The van der Waals surface area contributed by atoms with Gasteiger partial charge in [-0.05, 0) is 13.8 Å². The second kappa shape index (κ2) is 5.30. The summed E-state index contributed by atoms with van der Waals surface area (Å²) in [4.78, 5) is 19.1. The Morgan fingerprint density at radius 2 is 2.28 bits per heavy atom. The van der Waals surface area contributed by atoms with Crippen LogP contribution in [0.5, 0.6) is 0 Å². The lowest BCUT2D eigenvalue weighted by atomic mass is 10.3. The number of aromatic nitrogens is 3. The maximum atomic E-state index is 12.1. The highest BCUT2D eigenvalue weighted by molar-refractivity contribution is 7.11.